The molecule has 0 aliphatic heterocycles. The molecule has 2 aliphatic rings. The van der Waals surface area contributed by atoms with Gasteiger partial charge < -0.3 is 4.90 Å². The summed E-state index contributed by atoms with van der Waals surface area (Å²) in [5.74, 6) is 2.40. The van der Waals surface area contributed by atoms with E-state index in [4.69, 9.17) is 0 Å². The molecule has 0 N–H and O–H groups in total. The summed E-state index contributed by atoms with van der Waals surface area (Å²) in [6.45, 7) is 7.89. The summed E-state index contributed by atoms with van der Waals surface area (Å²) >= 11 is 0. The third kappa shape index (κ3) is 1.80. The largest absolute Gasteiger partial charge is 0.309 e. The van der Waals surface area contributed by atoms with Gasteiger partial charge in [-0.1, -0.05) is 20.8 Å². The maximum Gasteiger partial charge on any atom is 0.140 e. The molecule has 4 atom stereocenters. The van der Waals surface area contributed by atoms with Gasteiger partial charge in [0.1, 0.15) is 5.78 Å². The Morgan fingerprint density at radius 2 is 1.94 bits per heavy atom. The number of carbonyl (C=O) groups is 1. The van der Waals surface area contributed by atoms with Gasteiger partial charge in [-0.3, -0.25) is 4.79 Å². The molecule has 2 saturated carbocycles. The van der Waals surface area contributed by atoms with E-state index in [1.54, 1.807) is 0 Å². The molecule has 0 amide bonds. The molecular formula is C13H24ClNO. The first-order valence-corrected chi connectivity index (χ1v) is 6.04. The van der Waals surface area contributed by atoms with Crippen LogP contribution >= 0.6 is 12.4 Å². The van der Waals surface area contributed by atoms with E-state index < -0.39 is 0 Å². The van der Waals surface area contributed by atoms with Crippen LogP contribution in [-0.4, -0.2) is 31.3 Å². The first-order chi connectivity index (χ1) is 6.85. The van der Waals surface area contributed by atoms with Gasteiger partial charge in [0.2, 0.25) is 0 Å². The number of nitrogens with zero attached hydrogens (tertiary/aromatic N) is 1. The van der Waals surface area contributed by atoms with Crippen LogP contribution in [0.25, 0.3) is 0 Å². The second-order valence-electron chi connectivity index (χ2n) is 6.33. The van der Waals surface area contributed by atoms with E-state index in [0.717, 1.165) is 13.0 Å². The van der Waals surface area contributed by atoms with Gasteiger partial charge in [-0.25, -0.2) is 0 Å². The summed E-state index contributed by atoms with van der Waals surface area (Å²) in [7, 11) is 4.13. The van der Waals surface area contributed by atoms with Crippen molar-refractivity contribution < 1.29 is 4.79 Å². The molecule has 2 nitrogen and oxygen atoms in total. The number of halogens is 1. The quantitative estimate of drug-likeness (QED) is 0.745. The van der Waals surface area contributed by atoms with Crippen LogP contribution in [-0.2, 0) is 4.79 Å². The van der Waals surface area contributed by atoms with E-state index in [2.05, 4.69) is 39.8 Å². The van der Waals surface area contributed by atoms with E-state index >= 15 is 0 Å². The van der Waals surface area contributed by atoms with Gasteiger partial charge in [0.05, 0.1) is 0 Å². The number of hydrogen-bond donors (Lipinski definition) is 0. The van der Waals surface area contributed by atoms with E-state index in [1.807, 2.05) is 0 Å². The van der Waals surface area contributed by atoms with Crippen LogP contribution in [0.2, 0.25) is 0 Å². The summed E-state index contributed by atoms with van der Waals surface area (Å²) in [5.41, 5.74) is 0.360. The minimum absolute atomic E-state index is 0. The standard InChI is InChI=1S/C13H23NO.ClH/c1-8-9-6-11(13(8,2)3)10(12(9)15)7-14(4)5;/h8-11H,6-7H2,1-5H3;1H. The molecule has 2 aliphatic carbocycles. The fourth-order valence-electron chi connectivity index (χ4n) is 3.77. The highest BCUT2D eigenvalue weighted by Gasteiger charge is 2.59. The Balaban J connectivity index is 0.00000128. The molecule has 0 aromatic carbocycles. The van der Waals surface area contributed by atoms with Crippen molar-refractivity contribution >= 4 is 18.2 Å². The van der Waals surface area contributed by atoms with Crippen LogP contribution in [0.3, 0.4) is 0 Å². The van der Waals surface area contributed by atoms with Crippen molar-refractivity contribution in [1.82, 2.24) is 4.90 Å². The van der Waals surface area contributed by atoms with Crippen molar-refractivity contribution in [3.8, 4) is 0 Å². The second-order valence-corrected chi connectivity index (χ2v) is 6.33. The number of ketones is 1. The molecular weight excluding hydrogens is 222 g/mol. The molecule has 0 aromatic heterocycles. The lowest BCUT2D eigenvalue weighted by Crippen LogP contribution is -2.43. The molecule has 0 spiro atoms. The average molecular weight is 246 g/mol. The van der Waals surface area contributed by atoms with Gasteiger partial charge in [-0.05, 0) is 37.8 Å². The van der Waals surface area contributed by atoms with E-state index in [0.29, 0.717) is 34.9 Å². The van der Waals surface area contributed by atoms with Gasteiger partial charge in [0.15, 0.2) is 0 Å². The maximum absolute atomic E-state index is 12.2. The van der Waals surface area contributed by atoms with Crippen LogP contribution in [0.15, 0.2) is 0 Å². The number of carbonyl (C=O) groups excluding carboxylic acids is 1. The Morgan fingerprint density at radius 1 is 1.38 bits per heavy atom. The van der Waals surface area contributed by atoms with Crippen LogP contribution in [0.5, 0.6) is 0 Å². The third-order valence-corrected chi connectivity index (χ3v) is 5.02. The number of rotatable bonds is 2. The zero-order valence-electron chi connectivity index (χ0n) is 11.0. The normalized spacial score (nSPS) is 40.2. The highest BCUT2D eigenvalue weighted by atomic mass is 35.5. The van der Waals surface area contributed by atoms with E-state index in [1.165, 1.54) is 0 Å². The smallest absolute Gasteiger partial charge is 0.140 e. The zero-order chi connectivity index (χ0) is 11.4. The predicted octanol–water partition coefficient (Wildman–Crippen LogP) is 2.47. The van der Waals surface area contributed by atoms with Crippen molar-refractivity contribution in [2.45, 2.75) is 27.2 Å². The van der Waals surface area contributed by atoms with E-state index in [-0.39, 0.29) is 12.4 Å². The fraction of sp³-hybridized carbons (Fsp3) is 0.923. The molecule has 4 unspecified atom stereocenters. The molecule has 2 fully saturated rings. The third-order valence-electron chi connectivity index (χ3n) is 5.02. The summed E-state index contributed by atoms with van der Waals surface area (Å²) in [5, 5.41) is 0. The van der Waals surface area contributed by atoms with Gasteiger partial charge >= 0.3 is 0 Å². The lowest BCUT2D eigenvalue weighted by molar-refractivity contribution is -0.131. The molecule has 3 heteroatoms. The predicted molar refractivity (Wildman–Crippen MR) is 68.8 cm³/mol. The van der Waals surface area contributed by atoms with Crippen LogP contribution in [0, 0.1) is 29.1 Å². The number of hydrogen-bond acceptors (Lipinski definition) is 2. The molecule has 16 heavy (non-hydrogen) atoms. The molecule has 94 valence electrons. The van der Waals surface area contributed by atoms with Crippen LogP contribution in [0.1, 0.15) is 27.2 Å². The average Bonchev–Trinajstić information content (AvgIpc) is 2.52. The van der Waals surface area contributed by atoms with E-state index in [9.17, 15) is 4.79 Å². The second kappa shape index (κ2) is 4.30. The molecule has 0 aromatic rings. The van der Waals surface area contributed by atoms with Gasteiger partial charge in [-0.15, -0.1) is 12.4 Å². The highest BCUT2D eigenvalue weighted by molar-refractivity contribution is 5.88. The van der Waals surface area contributed by atoms with Crippen molar-refractivity contribution in [3.05, 3.63) is 0 Å². The minimum atomic E-state index is 0. The summed E-state index contributed by atoms with van der Waals surface area (Å²) in [4.78, 5) is 14.3. The Morgan fingerprint density at radius 3 is 2.38 bits per heavy atom. The summed E-state index contributed by atoms with van der Waals surface area (Å²) in [6, 6.07) is 0. The SMILES string of the molecule is CC1C2CC(C(CN(C)C)C2=O)C1(C)C.Cl. The van der Waals surface area contributed by atoms with Crippen molar-refractivity contribution in [2.75, 3.05) is 20.6 Å². The molecule has 2 bridgehead atoms. The van der Waals surface area contributed by atoms with Gasteiger partial charge in [0.25, 0.3) is 0 Å². The molecule has 0 saturated heterocycles. The Labute approximate surface area is 105 Å². The van der Waals surface area contributed by atoms with Crippen molar-refractivity contribution in [2.24, 2.45) is 29.1 Å². The first kappa shape index (κ1) is 14.0. The zero-order valence-corrected chi connectivity index (χ0v) is 11.8. The topological polar surface area (TPSA) is 20.3 Å². The van der Waals surface area contributed by atoms with Crippen LogP contribution < -0.4 is 0 Å². The van der Waals surface area contributed by atoms with Gasteiger partial charge in [-0.2, -0.15) is 0 Å². The Hall–Kier alpha value is -0.0800. The Bertz CT molecular complexity index is 288. The molecule has 2 rings (SSSR count). The number of Topliss-reactive ketones (excluding diaryl/α,β-unsaturated/α-hetero) is 1. The Kier molecular flexibility index (Phi) is 3.76. The highest BCUT2D eigenvalue weighted by Crippen LogP contribution is 2.59. The first-order valence-electron chi connectivity index (χ1n) is 6.04. The summed E-state index contributed by atoms with van der Waals surface area (Å²) < 4.78 is 0. The van der Waals surface area contributed by atoms with Crippen molar-refractivity contribution in [1.29, 1.82) is 0 Å². The maximum atomic E-state index is 12.2. The lowest BCUT2D eigenvalue weighted by atomic mass is 9.65. The minimum Gasteiger partial charge on any atom is -0.309 e. The number of fused-ring (bicyclic) bond motifs is 2. The molecule has 0 heterocycles. The van der Waals surface area contributed by atoms with Crippen molar-refractivity contribution in [3.63, 3.8) is 0 Å². The van der Waals surface area contributed by atoms with Crippen LogP contribution in [0.4, 0.5) is 0 Å². The lowest BCUT2D eigenvalue weighted by Gasteiger charge is -2.40. The van der Waals surface area contributed by atoms with Gasteiger partial charge in [0, 0.05) is 18.4 Å². The summed E-state index contributed by atoms with van der Waals surface area (Å²) in [6.07, 6.45) is 1.14. The fourth-order valence-corrected chi connectivity index (χ4v) is 3.77. The monoisotopic (exact) mass is 245 g/mol. The molecule has 0 radical (unpaired) electrons.